The molecule has 0 aliphatic carbocycles. The van der Waals surface area contributed by atoms with E-state index in [9.17, 15) is 14.9 Å². The van der Waals surface area contributed by atoms with Gasteiger partial charge in [-0.2, -0.15) is 5.10 Å². The van der Waals surface area contributed by atoms with Crippen LogP contribution in [0.4, 0.5) is 5.69 Å². The molecule has 0 radical (unpaired) electrons. The lowest BCUT2D eigenvalue weighted by atomic mass is 9.98. The van der Waals surface area contributed by atoms with Crippen molar-refractivity contribution in [1.29, 1.82) is 0 Å². The van der Waals surface area contributed by atoms with Crippen molar-refractivity contribution in [3.63, 3.8) is 0 Å². The Morgan fingerprint density at radius 1 is 1.46 bits per heavy atom. The summed E-state index contributed by atoms with van der Waals surface area (Å²) >= 11 is 0. The van der Waals surface area contributed by atoms with Gasteiger partial charge in [-0.05, 0) is 31.4 Å². The van der Waals surface area contributed by atoms with Gasteiger partial charge in [-0.25, -0.2) is 0 Å². The lowest BCUT2D eigenvalue weighted by Gasteiger charge is -2.36. The van der Waals surface area contributed by atoms with Crippen LogP contribution in [0, 0.1) is 10.1 Å². The second kappa shape index (κ2) is 6.86. The minimum Gasteiger partial charge on any atom is -0.353 e. The van der Waals surface area contributed by atoms with Crippen LogP contribution in [0.3, 0.4) is 0 Å². The molecule has 128 valence electrons. The lowest BCUT2D eigenvalue weighted by Crippen LogP contribution is -2.39. The standard InChI is InChI=1S/C16H21N5O3/c1-18-8-4-6-14(18)15-5-2-3-9-20(15)16(22)7-10-19-12-13(11-17-19)21(23)24/h4,6,8,11-12,15H,2-3,5,7,9-10H2,1H3/t15-/m0/s1. The van der Waals surface area contributed by atoms with Crippen LogP contribution < -0.4 is 0 Å². The zero-order chi connectivity index (χ0) is 17.1. The number of nitrogens with zero attached hydrogens (tertiary/aromatic N) is 5. The molecule has 0 spiro atoms. The van der Waals surface area contributed by atoms with E-state index in [-0.39, 0.29) is 17.6 Å². The van der Waals surface area contributed by atoms with Gasteiger partial charge >= 0.3 is 5.69 Å². The summed E-state index contributed by atoms with van der Waals surface area (Å²) in [6, 6.07) is 4.17. The van der Waals surface area contributed by atoms with Gasteiger partial charge in [0.25, 0.3) is 0 Å². The van der Waals surface area contributed by atoms with Crippen LogP contribution in [-0.4, -0.2) is 36.6 Å². The average molecular weight is 331 g/mol. The molecule has 0 unspecified atom stereocenters. The third-order valence-electron chi connectivity index (χ3n) is 4.53. The van der Waals surface area contributed by atoms with Crippen molar-refractivity contribution in [2.75, 3.05) is 6.54 Å². The Balaban J connectivity index is 1.65. The maximum absolute atomic E-state index is 12.7. The normalized spacial score (nSPS) is 17.9. The smallest absolute Gasteiger partial charge is 0.306 e. The molecule has 8 heteroatoms. The van der Waals surface area contributed by atoms with E-state index in [1.807, 2.05) is 24.2 Å². The zero-order valence-electron chi connectivity index (χ0n) is 13.7. The quantitative estimate of drug-likeness (QED) is 0.621. The molecule has 1 amide bonds. The lowest BCUT2D eigenvalue weighted by molar-refractivity contribution is -0.385. The molecule has 3 heterocycles. The highest BCUT2D eigenvalue weighted by atomic mass is 16.6. The van der Waals surface area contributed by atoms with Gasteiger partial charge in [0.2, 0.25) is 5.91 Å². The summed E-state index contributed by atoms with van der Waals surface area (Å²) in [5.41, 5.74) is 1.10. The van der Waals surface area contributed by atoms with Crippen LogP contribution in [0.2, 0.25) is 0 Å². The van der Waals surface area contributed by atoms with Crippen molar-refractivity contribution in [3.8, 4) is 0 Å². The molecule has 1 saturated heterocycles. The largest absolute Gasteiger partial charge is 0.353 e. The topological polar surface area (TPSA) is 86.2 Å². The van der Waals surface area contributed by atoms with Crippen molar-refractivity contribution >= 4 is 11.6 Å². The van der Waals surface area contributed by atoms with E-state index in [4.69, 9.17) is 0 Å². The van der Waals surface area contributed by atoms with Crippen LogP contribution in [0.15, 0.2) is 30.7 Å². The molecule has 2 aromatic heterocycles. The van der Waals surface area contributed by atoms with Crippen molar-refractivity contribution in [3.05, 3.63) is 46.5 Å². The Morgan fingerprint density at radius 2 is 2.29 bits per heavy atom. The van der Waals surface area contributed by atoms with Crippen LogP contribution in [0.1, 0.15) is 37.4 Å². The predicted molar refractivity (Wildman–Crippen MR) is 87.2 cm³/mol. The van der Waals surface area contributed by atoms with Gasteiger partial charge in [0.15, 0.2) is 0 Å². The maximum atomic E-state index is 12.7. The summed E-state index contributed by atoms with van der Waals surface area (Å²) in [6.07, 6.45) is 7.95. The third-order valence-corrected chi connectivity index (χ3v) is 4.53. The summed E-state index contributed by atoms with van der Waals surface area (Å²) in [5, 5.41) is 14.6. The van der Waals surface area contributed by atoms with Crippen molar-refractivity contribution in [2.24, 2.45) is 7.05 Å². The number of aryl methyl sites for hydroxylation is 2. The molecule has 1 atom stereocenters. The van der Waals surface area contributed by atoms with Gasteiger partial charge in [-0.15, -0.1) is 0 Å². The number of carbonyl (C=O) groups is 1. The molecule has 1 aliphatic heterocycles. The van der Waals surface area contributed by atoms with Gasteiger partial charge in [0.05, 0.1) is 11.0 Å². The summed E-state index contributed by atoms with van der Waals surface area (Å²) < 4.78 is 3.52. The van der Waals surface area contributed by atoms with Gasteiger partial charge in [-0.3, -0.25) is 19.6 Å². The maximum Gasteiger partial charge on any atom is 0.306 e. The Kier molecular flexibility index (Phi) is 4.64. The second-order valence-electron chi connectivity index (χ2n) is 6.11. The summed E-state index contributed by atoms with van der Waals surface area (Å²) in [6.45, 7) is 1.11. The summed E-state index contributed by atoms with van der Waals surface area (Å²) in [5.74, 6) is 0.0686. The molecular formula is C16H21N5O3. The minimum atomic E-state index is -0.485. The van der Waals surface area contributed by atoms with Crippen molar-refractivity contribution in [2.45, 2.75) is 38.3 Å². The van der Waals surface area contributed by atoms with E-state index in [0.717, 1.165) is 31.5 Å². The number of hydrogen-bond donors (Lipinski definition) is 0. The number of carbonyl (C=O) groups excluding carboxylic acids is 1. The number of nitro groups is 1. The molecule has 0 aromatic carbocycles. The van der Waals surface area contributed by atoms with Crippen molar-refractivity contribution < 1.29 is 9.72 Å². The number of aromatic nitrogens is 3. The molecular weight excluding hydrogens is 310 g/mol. The zero-order valence-corrected chi connectivity index (χ0v) is 13.7. The van der Waals surface area contributed by atoms with Crippen LogP contribution in [0.5, 0.6) is 0 Å². The minimum absolute atomic E-state index is 0.0536. The second-order valence-corrected chi connectivity index (χ2v) is 6.11. The van der Waals surface area contributed by atoms with E-state index in [1.54, 1.807) is 0 Å². The first-order valence-corrected chi connectivity index (χ1v) is 8.14. The number of rotatable bonds is 5. The first-order valence-electron chi connectivity index (χ1n) is 8.14. The Morgan fingerprint density at radius 3 is 2.96 bits per heavy atom. The highest BCUT2D eigenvalue weighted by Gasteiger charge is 2.29. The molecule has 0 saturated carbocycles. The van der Waals surface area contributed by atoms with E-state index < -0.39 is 4.92 Å². The molecule has 8 nitrogen and oxygen atoms in total. The van der Waals surface area contributed by atoms with Crippen LogP contribution >= 0.6 is 0 Å². The number of piperidine rings is 1. The number of hydrogen-bond acceptors (Lipinski definition) is 4. The number of amides is 1. The first-order chi connectivity index (χ1) is 11.6. The van der Waals surface area contributed by atoms with Crippen LogP contribution in [0.25, 0.3) is 0 Å². The SMILES string of the molecule is Cn1cccc1[C@@H]1CCCCN1C(=O)CCn1cc([N+](=O)[O-])cn1. The molecule has 0 N–H and O–H groups in total. The Bertz CT molecular complexity index is 736. The Hall–Kier alpha value is -2.64. The summed E-state index contributed by atoms with van der Waals surface area (Å²) in [7, 11) is 2.00. The fourth-order valence-electron chi connectivity index (χ4n) is 3.28. The molecule has 1 fully saturated rings. The molecule has 2 aromatic rings. The predicted octanol–water partition coefficient (Wildman–Crippen LogP) is 2.27. The average Bonchev–Trinajstić information content (AvgIpc) is 3.21. The monoisotopic (exact) mass is 331 g/mol. The van der Waals surface area contributed by atoms with Gasteiger partial charge in [0.1, 0.15) is 12.4 Å². The van der Waals surface area contributed by atoms with E-state index >= 15 is 0 Å². The van der Waals surface area contributed by atoms with Crippen LogP contribution in [-0.2, 0) is 18.4 Å². The van der Waals surface area contributed by atoms with E-state index in [1.165, 1.54) is 17.1 Å². The van der Waals surface area contributed by atoms with Gasteiger partial charge in [-0.1, -0.05) is 0 Å². The first kappa shape index (κ1) is 16.2. The van der Waals surface area contributed by atoms with Gasteiger partial charge in [0, 0.05) is 38.4 Å². The fourth-order valence-corrected chi connectivity index (χ4v) is 3.28. The molecule has 3 rings (SSSR count). The third kappa shape index (κ3) is 3.32. The molecule has 0 bridgehead atoms. The highest BCUT2D eigenvalue weighted by Crippen LogP contribution is 2.31. The number of likely N-dealkylation sites (tertiary alicyclic amines) is 1. The highest BCUT2D eigenvalue weighted by molar-refractivity contribution is 5.76. The van der Waals surface area contributed by atoms with E-state index in [0.29, 0.717) is 13.0 Å². The Labute approximate surface area is 139 Å². The molecule has 1 aliphatic rings. The van der Waals surface area contributed by atoms with Gasteiger partial charge < -0.3 is 9.47 Å². The fraction of sp³-hybridized carbons (Fsp3) is 0.500. The summed E-state index contributed by atoms with van der Waals surface area (Å²) in [4.78, 5) is 24.8. The molecule has 24 heavy (non-hydrogen) atoms. The van der Waals surface area contributed by atoms with E-state index in [2.05, 4.69) is 15.7 Å². The van der Waals surface area contributed by atoms with Crippen molar-refractivity contribution in [1.82, 2.24) is 19.2 Å².